The summed E-state index contributed by atoms with van der Waals surface area (Å²) in [7, 11) is 1.61. The Balaban J connectivity index is 1.28. The van der Waals surface area contributed by atoms with Crippen LogP contribution in [0.5, 0.6) is 5.75 Å². The van der Waals surface area contributed by atoms with E-state index in [1.165, 1.54) is 5.56 Å². The number of fused-ring (bicyclic) bond motifs is 1. The molecule has 0 amide bonds. The van der Waals surface area contributed by atoms with Gasteiger partial charge in [0, 0.05) is 42.4 Å². The van der Waals surface area contributed by atoms with Gasteiger partial charge in [-0.3, -0.25) is 4.90 Å². The lowest BCUT2D eigenvalue weighted by molar-refractivity contribution is 0.224. The van der Waals surface area contributed by atoms with E-state index in [2.05, 4.69) is 9.88 Å². The van der Waals surface area contributed by atoms with Gasteiger partial charge in [0.05, 0.1) is 24.4 Å². The molecule has 156 valence electrons. The fourth-order valence-corrected chi connectivity index (χ4v) is 4.15. The standard InChI is InChI=1S/C25H22ClN3O2/c1-30-24-9-7-18(13-21(24)26)23-10-8-20(31-23)16-29-12-11-22-19(15-29)14-27-25(28-22)17-5-3-2-4-6-17/h2-10,13-14H,11-12,15-16H2,1H3. The highest BCUT2D eigenvalue weighted by Gasteiger charge is 2.20. The van der Waals surface area contributed by atoms with Crippen molar-refractivity contribution in [2.75, 3.05) is 13.7 Å². The van der Waals surface area contributed by atoms with Crippen molar-refractivity contribution in [2.24, 2.45) is 0 Å². The predicted octanol–water partition coefficient (Wildman–Crippen LogP) is 5.62. The van der Waals surface area contributed by atoms with E-state index in [9.17, 15) is 0 Å². The molecule has 2 aromatic carbocycles. The summed E-state index contributed by atoms with van der Waals surface area (Å²) in [4.78, 5) is 11.8. The van der Waals surface area contributed by atoms with Gasteiger partial charge in [-0.2, -0.15) is 0 Å². The zero-order valence-electron chi connectivity index (χ0n) is 17.2. The Labute approximate surface area is 186 Å². The molecule has 0 unspecified atom stereocenters. The first kappa shape index (κ1) is 19.8. The predicted molar refractivity (Wildman–Crippen MR) is 121 cm³/mol. The van der Waals surface area contributed by atoms with Crippen LogP contribution < -0.4 is 4.74 Å². The normalized spacial score (nSPS) is 13.7. The van der Waals surface area contributed by atoms with E-state index in [0.29, 0.717) is 10.8 Å². The van der Waals surface area contributed by atoms with Crippen molar-refractivity contribution in [3.05, 3.63) is 88.9 Å². The number of methoxy groups -OCH3 is 1. The van der Waals surface area contributed by atoms with Crippen molar-refractivity contribution in [3.8, 4) is 28.5 Å². The van der Waals surface area contributed by atoms with E-state index in [1.807, 2.05) is 66.9 Å². The summed E-state index contributed by atoms with van der Waals surface area (Å²) in [5.41, 5.74) is 4.30. The lowest BCUT2D eigenvalue weighted by Gasteiger charge is -2.27. The number of furan rings is 1. The lowest BCUT2D eigenvalue weighted by Crippen LogP contribution is -2.30. The van der Waals surface area contributed by atoms with E-state index in [0.717, 1.165) is 60.2 Å². The van der Waals surface area contributed by atoms with Crippen molar-refractivity contribution >= 4 is 11.6 Å². The third kappa shape index (κ3) is 4.20. The monoisotopic (exact) mass is 431 g/mol. The molecule has 0 radical (unpaired) electrons. The molecule has 1 aliphatic rings. The van der Waals surface area contributed by atoms with Crippen LogP contribution in [0.1, 0.15) is 17.0 Å². The number of benzene rings is 2. The number of ether oxygens (including phenoxy) is 1. The van der Waals surface area contributed by atoms with Gasteiger partial charge < -0.3 is 9.15 Å². The summed E-state index contributed by atoms with van der Waals surface area (Å²) < 4.78 is 11.3. The van der Waals surface area contributed by atoms with Crippen LogP contribution in [0.25, 0.3) is 22.7 Å². The molecule has 0 bridgehead atoms. The second-order valence-electron chi connectivity index (χ2n) is 7.61. The van der Waals surface area contributed by atoms with E-state index in [4.69, 9.17) is 25.7 Å². The van der Waals surface area contributed by atoms with Crippen LogP contribution in [0.15, 0.2) is 71.3 Å². The molecule has 5 rings (SSSR count). The molecule has 0 spiro atoms. The molecule has 6 heteroatoms. The Morgan fingerprint density at radius 3 is 2.74 bits per heavy atom. The van der Waals surface area contributed by atoms with E-state index >= 15 is 0 Å². The smallest absolute Gasteiger partial charge is 0.159 e. The Bertz CT molecular complexity index is 1210. The van der Waals surface area contributed by atoms with E-state index in [1.54, 1.807) is 7.11 Å². The minimum Gasteiger partial charge on any atom is -0.495 e. The van der Waals surface area contributed by atoms with Crippen molar-refractivity contribution in [2.45, 2.75) is 19.5 Å². The quantitative estimate of drug-likeness (QED) is 0.410. The molecular weight excluding hydrogens is 410 g/mol. The fraction of sp³-hybridized carbons (Fsp3) is 0.200. The third-order valence-corrected chi connectivity index (χ3v) is 5.82. The van der Waals surface area contributed by atoms with Crippen LogP contribution in [0.2, 0.25) is 5.02 Å². The summed E-state index contributed by atoms with van der Waals surface area (Å²) >= 11 is 6.25. The molecule has 3 heterocycles. The van der Waals surface area contributed by atoms with Crippen molar-refractivity contribution in [1.82, 2.24) is 14.9 Å². The molecule has 0 saturated heterocycles. The average Bonchev–Trinajstić information content (AvgIpc) is 3.27. The molecular formula is C25H22ClN3O2. The molecule has 0 atom stereocenters. The molecule has 4 aromatic rings. The van der Waals surface area contributed by atoms with Crippen molar-refractivity contribution in [1.29, 1.82) is 0 Å². The number of rotatable bonds is 5. The molecule has 1 aliphatic heterocycles. The van der Waals surface area contributed by atoms with Crippen LogP contribution in [0.3, 0.4) is 0 Å². The molecule has 2 aromatic heterocycles. The average molecular weight is 432 g/mol. The topological polar surface area (TPSA) is 51.4 Å². The summed E-state index contributed by atoms with van der Waals surface area (Å²) in [5.74, 6) is 3.17. The van der Waals surface area contributed by atoms with Crippen LogP contribution in [0.4, 0.5) is 0 Å². The van der Waals surface area contributed by atoms with Crippen molar-refractivity contribution in [3.63, 3.8) is 0 Å². The van der Waals surface area contributed by atoms with Gasteiger partial charge >= 0.3 is 0 Å². The first-order valence-electron chi connectivity index (χ1n) is 10.2. The van der Waals surface area contributed by atoms with Gasteiger partial charge in [0.15, 0.2) is 5.82 Å². The SMILES string of the molecule is COc1ccc(-c2ccc(CN3CCc4nc(-c5ccccc5)ncc4C3)o2)cc1Cl. The summed E-state index contributed by atoms with van der Waals surface area (Å²) in [6.07, 6.45) is 2.86. The molecule has 0 aliphatic carbocycles. The van der Waals surface area contributed by atoms with Gasteiger partial charge in [0.1, 0.15) is 17.3 Å². The Morgan fingerprint density at radius 1 is 1.06 bits per heavy atom. The highest BCUT2D eigenvalue weighted by Crippen LogP contribution is 2.31. The van der Waals surface area contributed by atoms with Crippen LogP contribution in [-0.4, -0.2) is 28.5 Å². The molecule has 5 nitrogen and oxygen atoms in total. The Kier molecular flexibility index (Phi) is 5.45. The second kappa shape index (κ2) is 8.53. The maximum absolute atomic E-state index is 6.25. The molecule has 0 fully saturated rings. The highest BCUT2D eigenvalue weighted by atomic mass is 35.5. The summed E-state index contributed by atoms with van der Waals surface area (Å²) in [6.45, 7) is 2.49. The Morgan fingerprint density at radius 2 is 1.94 bits per heavy atom. The zero-order valence-corrected chi connectivity index (χ0v) is 18.0. The van der Waals surface area contributed by atoms with Gasteiger partial charge in [-0.1, -0.05) is 41.9 Å². The highest BCUT2D eigenvalue weighted by molar-refractivity contribution is 6.32. The zero-order chi connectivity index (χ0) is 21.2. The first-order valence-corrected chi connectivity index (χ1v) is 10.6. The number of aromatic nitrogens is 2. The minimum atomic E-state index is 0.570. The van der Waals surface area contributed by atoms with Gasteiger partial charge in [-0.15, -0.1) is 0 Å². The largest absolute Gasteiger partial charge is 0.495 e. The van der Waals surface area contributed by atoms with Crippen LogP contribution in [-0.2, 0) is 19.5 Å². The number of halogens is 1. The summed E-state index contributed by atoms with van der Waals surface area (Å²) in [5, 5.41) is 0.570. The minimum absolute atomic E-state index is 0.570. The fourth-order valence-electron chi connectivity index (χ4n) is 3.89. The first-order chi connectivity index (χ1) is 15.2. The maximum Gasteiger partial charge on any atom is 0.159 e. The number of hydrogen-bond donors (Lipinski definition) is 0. The van der Waals surface area contributed by atoms with Crippen molar-refractivity contribution < 1.29 is 9.15 Å². The number of nitrogens with zero attached hydrogens (tertiary/aromatic N) is 3. The van der Waals surface area contributed by atoms with Gasteiger partial charge in [-0.05, 0) is 30.3 Å². The van der Waals surface area contributed by atoms with Gasteiger partial charge in [0.2, 0.25) is 0 Å². The van der Waals surface area contributed by atoms with E-state index < -0.39 is 0 Å². The molecule has 0 saturated carbocycles. The van der Waals surface area contributed by atoms with E-state index in [-0.39, 0.29) is 0 Å². The second-order valence-corrected chi connectivity index (χ2v) is 8.01. The maximum atomic E-state index is 6.25. The number of hydrogen-bond acceptors (Lipinski definition) is 5. The lowest BCUT2D eigenvalue weighted by atomic mass is 10.1. The molecule has 31 heavy (non-hydrogen) atoms. The summed E-state index contributed by atoms with van der Waals surface area (Å²) in [6, 6.07) is 19.8. The third-order valence-electron chi connectivity index (χ3n) is 5.52. The molecule has 0 N–H and O–H groups in total. The van der Waals surface area contributed by atoms with Crippen LogP contribution in [0, 0.1) is 0 Å². The van der Waals surface area contributed by atoms with Crippen LogP contribution >= 0.6 is 11.6 Å². The Hall–Kier alpha value is -3.15. The van der Waals surface area contributed by atoms with Gasteiger partial charge in [0.25, 0.3) is 0 Å². The van der Waals surface area contributed by atoms with Gasteiger partial charge in [-0.25, -0.2) is 9.97 Å².